The molecule has 0 spiro atoms. The molecule has 0 fully saturated rings. The normalized spacial score (nSPS) is 14.2. The highest BCUT2D eigenvalue weighted by Crippen LogP contribution is 2.45. The molecular formula is C82H160O17P2. The highest BCUT2D eigenvalue weighted by atomic mass is 31.2. The predicted molar refractivity (Wildman–Crippen MR) is 414 cm³/mol. The third-order valence-electron chi connectivity index (χ3n) is 19.6. The Bertz CT molecular complexity index is 1940. The molecular weight excluding hydrogens is 1320 g/mol. The van der Waals surface area contributed by atoms with E-state index in [9.17, 15) is 43.2 Å². The van der Waals surface area contributed by atoms with E-state index in [2.05, 4.69) is 41.5 Å². The Morgan fingerprint density at radius 3 is 0.752 bits per heavy atom. The fourth-order valence-corrected chi connectivity index (χ4v) is 14.3. The van der Waals surface area contributed by atoms with E-state index in [0.717, 1.165) is 102 Å². The summed E-state index contributed by atoms with van der Waals surface area (Å²) in [5, 5.41) is 10.6. The molecule has 0 aromatic carbocycles. The Morgan fingerprint density at radius 1 is 0.287 bits per heavy atom. The number of phosphoric ester groups is 2. The van der Waals surface area contributed by atoms with Crippen LogP contribution in [0.15, 0.2) is 0 Å². The molecule has 0 amide bonds. The third-order valence-corrected chi connectivity index (χ3v) is 21.5. The van der Waals surface area contributed by atoms with Crippen LogP contribution in [0.4, 0.5) is 0 Å². The van der Waals surface area contributed by atoms with Crippen LogP contribution in [-0.4, -0.2) is 96.7 Å². The van der Waals surface area contributed by atoms with Crippen molar-refractivity contribution in [3.63, 3.8) is 0 Å². The van der Waals surface area contributed by atoms with Gasteiger partial charge in [-0.15, -0.1) is 0 Å². The van der Waals surface area contributed by atoms with Crippen LogP contribution < -0.4 is 0 Å². The van der Waals surface area contributed by atoms with Crippen LogP contribution >= 0.6 is 15.6 Å². The summed E-state index contributed by atoms with van der Waals surface area (Å²) in [7, 11) is -9.92. The first-order valence-electron chi connectivity index (χ1n) is 42.5. The summed E-state index contributed by atoms with van der Waals surface area (Å²) in [5.74, 6) is -0.532. The SMILES string of the molecule is CCCCCCCCCCCCCCCCCCCCC(=O)OC[C@H](COP(=O)(O)OC[C@@H](O)COP(=O)(O)OC[C@@H](COC(=O)CCCCCCCCCC(C)C)OC(=O)CCCCCCCCCCCCC)OC(=O)CCCCCCCCCCCCCCCCCCCCC(C)CC. The van der Waals surface area contributed by atoms with E-state index < -0.39 is 97.5 Å². The molecule has 600 valence electrons. The zero-order valence-corrected chi connectivity index (χ0v) is 68.0. The maximum atomic E-state index is 13.1. The van der Waals surface area contributed by atoms with Gasteiger partial charge in [0.1, 0.15) is 19.3 Å². The Labute approximate surface area is 619 Å². The van der Waals surface area contributed by atoms with Crippen LogP contribution in [0.25, 0.3) is 0 Å². The maximum Gasteiger partial charge on any atom is 0.472 e. The minimum atomic E-state index is -4.96. The third kappa shape index (κ3) is 74.7. The molecule has 0 saturated heterocycles. The van der Waals surface area contributed by atoms with Gasteiger partial charge in [-0.1, -0.05) is 382 Å². The second-order valence-corrected chi connectivity index (χ2v) is 33.1. The Morgan fingerprint density at radius 2 is 0.505 bits per heavy atom. The summed E-state index contributed by atoms with van der Waals surface area (Å²) in [6.07, 6.45) is 64.0. The van der Waals surface area contributed by atoms with Crippen molar-refractivity contribution >= 4 is 39.5 Å². The second-order valence-electron chi connectivity index (χ2n) is 30.2. The highest BCUT2D eigenvalue weighted by Gasteiger charge is 2.30. The number of phosphoric acid groups is 2. The average molecular weight is 1480 g/mol. The van der Waals surface area contributed by atoms with Gasteiger partial charge in [0.25, 0.3) is 0 Å². The van der Waals surface area contributed by atoms with Crippen LogP contribution in [0.3, 0.4) is 0 Å². The standard InChI is InChI=1S/C82H160O17P2/c1-7-10-12-14-16-18-20-21-22-23-27-30-33-37-40-46-52-58-64-79(84)92-70-77(98-82(87)67-61-55-48-42-38-34-31-28-25-24-26-29-32-36-39-45-51-57-63-75(6)9-3)72-96-100(88,89)94-68-76(83)69-95-101(90,91)97-73-78(71-93-80(85)65-59-53-49-43-44-50-56-62-74(4)5)99-81(86)66-60-54-47-41-35-19-17-15-13-11-8-2/h74-78,83H,7-73H2,1-6H3,(H,88,89)(H,90,91)/t75?,76-,77-,78-/m1/s1. The van der Waals surface area contributed by atoms with Crippen molar-refractivity contribution in [2.24, 2.45) is 11.8 Å². The number of esters is 4. The largest absolute Gasteiger partial charge is 0.472 e. The first-order valence-corrected chi connectivity index (χ1v) is 45.5. The first-order chi connectivity index (χ1) is 48.9. The second kappa shape index (κ2) is 73.6. The van der Waals surface area contributed by atoms with Gasteiger partial charge in [0, 0.05) is 25.7 Å². The lowest BCUT2D eigenvalue weighted by atomic mass is 9.99. The molecule has 19 heteroatoms. The molecule has 0 radical (unpaired) electrons. The van der Waals surface area contributed by atoms with Gasteiger partial charge < -0.3 is 33.8 Å². The fraction of sp³-hybridized carbons (Fsp3) is 0.951. The maximum absolute atomic E-state index is 13.1. The quantitative estimate of drug-likeness (QED) is 0.0222. The van der Waals surface area contributed by atoms with Crippen LogP contribution in [0, 0.1) is 11.8 Å². The molecule has 0 saturated carbocycles. The van der Waals surface area contributed by atoms with E-state index in [0.29, 0.717) is 31.6 Å². The summed E-state index contributed by atoms with van der Waals surface area (Å²) >= 11 is 0. The monoisotopic (exact) mass is 1480 g/mol. The molecule has 101 heavy (non-hydrogen) atoms. The van der Waals surface area contributed by atoms with Crippen molar-refractivity contribution in [3.05, 3.63) is 0 Å². The predicted octanol–water partition coefficient (Wildman–Crippen LogP) is 24.7. The number of aliphatic hydroxyl groups is 1. The van der Waals surface area contributed by atoms with Crippen LogP contribution in [0.5, 0.6) is 0 Å². The number of ether oxygens (including phenoxy) is 4. The van der Waals surface area contributed by atoms with Crippen molar-refractivity contribution in [1.82, 2.24) is 0 Å². The van der Waals surface area contributed by atoms with E-state index in [1.165, 1.54) is 244 Å². The smallest absolute Gasteiger partial charge is 0.462 e. The Kier molecular flexibility index (Phi) is 72.2. The van der Waals surface area contributed by atoms with Gasteiger partial charge in [-0.2, -0.15) is 0 Å². The number of rotatable bonds is 81. The lowest BCUT2D eigenvalue weighted by Crippen LogP contribution is -2.30. The van der Waals surface area contributed by atoms with Crippen molar-refractivity contribution in [1.29, 1.82) is 0 Å². The molecule has 17 nitrogen and oxygen atoms in total. The molecule has 0 aromatic rings. The molecule has 0 aromatic heterocycles. The van der Waals surface area contributed by atoms with Crippen molar-refractivity contribution in [2.75, 3.05) is 39.6 Å². The number of hydrogen-bond donors (Lipinski definition) is 3. The van der Waals surface area contributed by atoms with Crippen LogP contribution in [0.2, 0.25) is 0 Å². The van der Waals surface area contributed by atoms with Crippen LogP contribution in [0.1, 0.15) is 433 Å². The van der Waals surface area contributed by atoms with E-state index in [4.69, 9.17) is 37.0 Å². The average Bonchev–Trinajstić information content (AvgIpc) is 1.01. The number of hydrogen-bond acceptors (Lipinski definition) is 15. The van der Waals surface area contributed by atoms with Gasteiger partial charge in [0.15, 0.2) is 12.2 Å². The lowest BCUT2D eigenvalue weighted by Gasteiger charge is -2.21. The molecule has 0 bridgehead atoms. The number of carbonyl (C=O) groups excluding carboxylic acids is 4. The highest BCUT2D eigenvalue weighted by molar-refractivity contribution is 7.47. The molecule has 3 unspecified atom stereocenters. The molecule has 6 atom stereocenters. The van der Waals surface area contributed by atoms with Gasteiger partial charge in [-0.3, -0.25) is 37.3 Å². The molecule has 0 rings (SSSR count). The summed E-state index contributed by atoms with van der Waals surface area (Å²) in [5.41, 5.74) is 0. The van der Waals surface area contributed by atoms with E-state index in [1.807, 2.05) is 0 Å². The van der Waals surface area contributed by atoms with Crippen molar-refractivity contribution in [2.45, 2.75) is 452 Å². The van der Waals surface area contributed by atoms with E-state index >= 15 is 0 Å². The lowest BCUT2D eigenvalue weighted by molar-refractivity contribution is -0.161. The van der Waals surface area contributed by atoms with Gasteiger partial charge in [0.05, 0.1) is 26.4 Å². The number of aliphatic hydroxyl groups excluding tert-OH is 1. The van der Waals surface area contributed by atoms with Gasteiger partial charge >= 0.3 is 39.5 Å². The van der Waals surface area contributed by atoms with Crippen LogP contribution in [-0.2, 0) is 65.4 Å². The minimum absolute atomic E-state index is 0.106. The Hall–Kier alpha value is -1.94. The Balaban J connectivity index is 5.19. The van der Waals surface area contributed by atoms with Crippen molar-refractivity contribution < 1.29 is 80.2 Å². The molecule has 0 aliphatic rings. The summed E-state index contributed by atoms with van der Waals surface area (Å²) < 4.78 is 68.7. The summed E-state index contributed by atoms with van der Waals surface area (Å²) in [6.45, 7) is 9.64. The molecule has 0 heterocycles. The van der Waals surface area contributed by atoms with Crippen molar-refractivity contribution in [3.8, 4) is 0 Å². The molecule has 3 N–H and O–H groups in total. The minimum Gasteiger partial charge on any atom is -0.462 e. The summed E-state index contributed by atoms with van der Waals surface area (Å²) in [4.78, 5) is 73.0. The van der Waals surface area contributed by atoms with Gasteiger partial charge in [-0.05, 0) is 37.5 Å². The van der Waals surface area contributed by atoms with Gasteiger partial charge in [0.2, 0.25) is 0 Å². The fourth-order valence-electron chi connectivity index (χ4n) is 12.7. The topological polar surface area (TPSA) is 237 Å². The zero-order chi connectivity index (χ0) is 74.2. The number of carbonyl (C=O) groups is 4. The summed E-state index contributed by atoms with van der Waals surface area (Å²) in [6, 6.07) is 0. The van der Waals surface area contributed by atoms with E-state index in [1.54, 1.807) is 0 Å². The molecule has 0 aliphatic heterocycles. The zero-order valence-electron chi connectivity index (χ0n) is 66.2. The van der Waals surface area contributed by atoms with E-state index in [-0.39, 0.29) is 25.7 Å². The molecule has 0 aliphatic carbocycles. The number of unbranched alkanes of at least 4 members (excludes halogenated alkanes) is 50. The first kappa shape index (κ1) is 99.1. The van der Waals surface area contributed by atoms with Gasteiger partial charge in [-0.25, -0.2) is 9.13 Å².